The van der Waals surface area contributed by atoms with Crippen molar-refractivity contribution in [2.24, 2.45) is 29.4 Å². The van der Waals surface area contributed by atoms with E-state index in [-0.39, 0.29) is 62.9 Å². The molecule has 8 aromatic carbocycles. The Morgan fingerprint density at radius 1 is 0.446 bits per heavy atom. The first-order valence-corrected chi connectivity index (χ1v) is 41.7. The van der Waals surface area contributed by atoms with Gasteiger partial charge in [0.2, 0.25) is 39.9 Å². The number of likely N-dealkylation sites (tertiary alicyclic amines) is 1. The molecule has 8 aliphatic carbocycles. The number of carbonyl (C=O) groups is 7. The van der Waals surface area contributed by atoms with Gasteiger partial charge < -0.3 is 82.8 Å². The number of ether oxygens (including phenoxy) is 6. The number of anilines is 4. The molecule has 4 saturated carbocycles. The largest absolute Gasteiger partial charge is 0.455 e. The molecule has 0 bridgehead atoms. The zero-order valence-electron chi connectivity index (χ0n) is 69.0. The molecule has 3 amide bonds. The van der Waals surface area contributed by atoms with Crippen molar-refractivity contribution in [1.82, 2.24) is 20.9 Å². The van der Waals surface area contributed by atoms with Gasteiger partial charge in [-0.05, 0) is 230 Å². The van der Waals surface area contributed by atoms with Crippen LogP contribution in [0.25, 0.3) is 5.57 Å². The summed E-state index contributed by atoms with van der Waals surface area (Å²) in [6, 6.07) is 41.9. The number of aliphatic hydroxyl groups is 4. The quantitative estimate of drug-likeness (QED) is 0.0477. The number of carbonyl (C=O) groups excluding carboxylic acids is 7. The molecule has 0 radical (unpaired) electrons. The molecule has 0 unspecified atom stereocenters. The van der Waals surface area contributed by atoms with Crippen molar-refractivity contribution >= 4 is 69.5 Å². The zero-order valence-corrected chi connectivity index (χ0v) is 69.0. The minimum Gasteiger partial charge on any atom is -0.455 e. The monoisotopic (exact) mass is 1640 g/mol. The van der Waals surface area contributed by atoms with Crippen molar-refractivity contribution in [2.75, 3.05) is 42.6 Å². The molecule has 26 nitrogen and oxygen atoms in total. The summed E-state index contributed by atoms with van der Waals surface area (Å²) in [7, 11) is 0. The smallest absolute Gasteiger partial charge is 0.408 e. The topological polar surface area (TPSA) is 425 Å². The highest BCUT2D eigenvalue weighted by molar-refractivity contribution is 6.18. The molecule has 17 N–H and O–H groups in total. The van der Waals surface area contributed by atoms with Gasteiger partial charge in [-0.2, -0.15) is 0 Å². The molecule has 5 heterocycles. The number of alkyl carbamates (subject to hydrolysis) is 2. The first-order valence-electron chi connectivity index (χ1n) is 41.7. The van der Waals surface area contributed by atoms with Gasteiger partial charge in [0, 0.05) is 67.3 Å². The van der Waals surface area contributed by atoms with Crippen molar-refractivity contribution in [1.29, 1.82) is 0 Å². The maximum absolute atomic E-state index is 13.9. The number of allylic oxidation sites excluding steroid dienone is 1. The number of nitrogens with two attached hydrogens (primary N) is 5. The minimum absolute atomic E-state index is 0.128. The lowest BCUT2D eigenvalue weighted by Gasteiger charge is -2.36. The number of rotatable bonds is 13. The van der Waals surface area contributed by atoms with Crippen molar-refractivity contribution in [3.8, 4) is 23.0 Å². The van der Waals surface area contributed by atoms with Crippen LogP contribution in [0.4, 0.5) is 32.3 Å². The summed E-state index contributed by atoms with van der Waals surface area (Å²) in [5.41, 5.74) is 31.7. The molecule has 121 heavy (non-hydrogen) atoms. The van der Waals surface area contributed by atoms with E-state index in [0.29, 0.717) is 103 Å². The fourth-order valence-electron chi connectivity index (χ4n) is 19.6. The third-order valence-corrected chi connectivity index (χ3v) is 26.9. The summed E-state index contributed by atoms with van der Waals surface area (Å²) in [6.07, 6.45) is 8.86. The Morgan fingerprint density at radius 2 is 0.769 bits per heavy atom. The van der Waals surface area contributed by atoms with Crippen LogP contribution in [0, 0.1) is 23.7 Å². The van der Waals surface area contributed by atoms with Crippen LogP contribution in [0.1, 0.15) is 246 Å². The Labute approximate surface area is 699 Å². The molecule has 8 aromatic rings. The fraction of sp³-hybridized carbons (Fsp3) is 0.400. The molecule has 13 aliphatic rings. The Morgan fingerprint density at radius 3 is 1.12 bits per heavy atom. The van der Waals surface area contributed by atoms with Gasteiger partial charge in [0.1, 0.15) is 34.2 Å². The third kappa shape index (κ3) is 12.0. The van der Waals surface area contributed by atoms with Crippen molar-refractivity contribution in [2.45, 2.75) is 194 Å². The summed E-state index contributed by atoms with van der Waals surface area (Å²) >= 11 is 0. The first kappa shape index (κ1) is 80.4. The zero-order chi connectivity index (χ0) is 85.9. The Bertz CT molecular complexity index is 5840. The number of hydrogen-bond acceptors (Lipinski definition) is 23. The molecule has 0 spiro atoms. The number of Topliss-reactive ketones (excluding diaryl/α,β-unsaturated/α-hetero) is 4. The second-order valence-corrected chi connectivity index (χ2v) is 37.0. The van der Waals surface area contributed by atoms with Crippen LogP contribution in [0.15, 0.2) is 152 Å². The summed E-state index contributed by atoms with van der Waals surface area (Å²) in [5, 5.41) is 55.2. The van der Waals surface area contributed by atoms with E-state index < -0.39 is 91.8 Å². The first-order chi connectivity index (χ1) is 57.2. The molecule has 628 valence electrons. The van der Waals surface area contributed by atoms with Crippen LogP contribution < -0.4 is 63.6 Å². The second-order valence-electron chi connectivity index (χ2n) is 37.0. The predicted octanol–water partition coefficient (Wildman–Crippen LogP) is 12.4. The SMILES string of the molecule is C=C(c1ccc2c(c1)O[C@]1(O)c3cccc(N)c3C(=O)[C@]21NC(=O)OC(C)(C)C)C1CC1.C[C@@H](c1ccc2c(c1)O[C@]1(O)c3cccc(N)c3C(=O)[C@]21N)C1CC1.C[C@@H](c1ccc2c(c1)O[C@]1(O)c3cccc(N)c3C(=O)[C@]21NC(=O)CN1CCC1)C1CC1.C[C@@H](c1ccc2c(c1)O[C@]1(O)c3cccc(N)c3C(=O)[C@]21NC(=O)OC(C)(C)C)C1CC1. The maximum Gasteiger partial charge on any atom is 0.408 e. The third-order valence-electron chi connectivity index (χ3n) is 26.9. The van der Waals surface area contributed by atoms with Gasteiger partial charge in [0.15, 0.2) is 11.3 Å². The average molecular weight is 1640 g/mol. The summed E-state index contributed by atoms with van der Waals surface area (Å²) in [4.78, 5) is 95.4. The van der Waals surface area contributed by atoms with Gasteiger partial charge in [-0.25, -0.2) is 9.59 Å². The molecular weight excluding hydrogens is 1540 g/mol. The van der Waals surface area contributed by atoms with Crippen molar-refractivity contribution in [3.05, 3.63) is 241 Å². The lowest BCUT2D eigenvalue weighted by molar-refractivity contribution is -0.175. The van der Waals surface area contributed by atoms with Crippen LogP contribution in [-0.4, -0.2) is 97.4 Å². The highest BCUT2D eigenvalue weighted by Crippen LogP contribution is 2.65. The van der Waals surface area contributed by atoms with Gasteiger partial charge in [-0.3, -0.25) is 39.5 Å². The van der Waals surface area contributed by atoms with E-state index in [1.807, 2.05) is 59.5 Å². The molecule has 0 aromatic heterocycles. The number of nitrogens with zero attached hydrogens (tertiary/aromatic N) is 1. The van der Waals surface area contributed by atoms with E-state index in [0.717, 1.165) is 60.2 Å². The van der Waals surface area contributed by atoms with Gasteiger partial charge in [-0.1, -0.05) is 124 Å². The summed E-state index contributed by atoms with van der Waals surface area (Å²) in [6.45, 7) is 22.9. The molecule has 21 rings (SSSR count). The number of hydrogen-bond donors (Lipinski definition) is 12. The summed E-state index contributed by atoms with van der Waals surface area (Å²) < 4.78 is 35.1. The van der Waals surface area contributed by atoms with Gasteiger partial charge in [0.25, 0.3) is 23.1 Å². The Balaban J connectivity index is 0.000000111. The van der Waals surface area contributed by atoms with E-state index in [9.17, 15) is 54.0 Å². The van der Waals surface area contributed by atoms with E-state index in [2.05, 4.69) is 43.3 Å². The second kappa shape index (κ2) is 27.4. The van der Waals surface area contributed by atoms with E-state index in [4.69, 9.17) is 57.1 Å². The predicted molar refractivity (Wildman–Crippen MR) is 449 cm³/mol. The number of nitrogen functional groups attached to an aromatic ring is 4. The van der Waals surface area contributed by atoms with Crippen LogP contribution in [0.3, 0.4) is 0 Å². The molecule has 5 fully saturated rings. The number of amides is 3. The molecule has 11 atom stereocenters. The lowest BCUT2D eigenvalue weighted by Crippen LogP contribution is -2.61. The fourth-order valence-corrected chi connectivity index (χ4v) is 19.6. The highest BCUT2D eigenvalue weighted by atomic mass is 16.7. The normalized spacial score (nSPS) is 27.7. The Kier molecular flexibility index (Phi) is 18.2. The van der Waals surface area contributed by atoms with Crippen LogP contribution in [0.5, 0.6) is 23.0 Å². The highest BCUT2D eigenvalue weighted by Gasteiger charge is 2.76. The molecular formula is C95H101N9O17. The number of ketones is 4. The summed E-state index contributed by atoms with van der Waals surface area (Å²) in [5.74, 6) is -5.36. The van der Waals surface area contributed by atoms with E-state index in [1.165, 1.54) is 38.5 Å². The van der Waals surface area contributed by atoms with Gasteiger partial charge in [-0.15, -0.1) is 0 Å². The standard InChI is InChI=1S/C25H27N3O4.C25H28N2O5.C25H26N2O5.C20H20N2O3/c1-14(15-6-7-15)16-8-9-17-20(12-16)32-25(31)18-4-2-5-19(26)22(18)23(30)24(17,25)27-21(29)13-28-10-3-11-28;2*1-13(14-8-9-14)15-10-11-16-19(12-15)31-25(30)17-6-5-7-18(26)20(17)21(28)24(16,25)27-22(29)32-23(2,3)4;1-10(11-5-6-11)12-7-8-13-16(9-12)25-20(24)14-3-2-4-15(21)17(14)18(23)19(13,20)22/h2,4-5,8-9,12,14-15,31H,3,6-7,10-11,13,26H2,1H3,(H,27,29);5-7,10-14,30H,8-9,26H2,1-4H3,(H,27,29);5-7,10-12,14,30H,1,8-9,26H2,2-4H3,(H,27,29);2-4,7-11,24H,5-6,21-22H2,1H3/t14-,24-,25-;13-,24-,25-;24-,25-;10-,19-,20-/m1111/s1. The van der Waals surface area contributed by atoms with Crippen molar-refractivity contribution < 1.29 is 82.4 Å². The molecule has 5 aliphatic heterocycles. The average Bonchev–Trinajstić information content (AvgIpc) is 1.40. The van der Waals surface area contributed by atoms with Gasteiger partial charge >= 0.3 is 12.2 Å². The number of benzene rings is 8. The van der Waals surface area contributed by atoms with Crippen molar-refractivity contribution in [3.63, 3.8) is 0 Å². The minimum atomic E-state index is -2.17. The number of fused-ring (bicyclic) bond motifs is 20. The van der Waals surface area contributed by atoms with Gasteiger partial charge in [0.05, 0.1) is 28.8 Å². The van der Waals surface area contributed by atoms with Crippen LogP contribution in [0.2, 0.25) is 0 Å². The van der Waals surface area contributed by atoms with Crippen LogP contribution >= 0.6 is 0 Å². The molecule has 26 heteroatoms. The lowest BCUT2D eigenvalue weighted by atomic mass is 9.81. The van der Waals surface area contributed by atoms with E-state index >= 15 is 0 Å². The number of nitrogens with one attached hydrogen (secondary N) is 3. The van der Waals surface area contributed by atoms with Crippen LogP contribution in [-0.2, 0) is 59.6 Å². The Hall–Kier alpha value is -11.7. The van der Waals surface area contributed by atoms with E-state index in [1.54, 1.807) is 133 Å². The maximum atomic E-state index is 13.9. The molecule has 1 saturated heterocycles.